The van der Waals surface area contributed by atoms with E-state index >= 15 is 0 Å². The molecule has 0 amide bonds. The van der Waals surface area contributed by atoms with Gasteiger partial charge in [0.1, 0.15) is 6.67 Å². The summed E-state index contributed by atoms with van der Waals surface area (Å²) in [6.07, 6.45) is 2.10. The van der Waals surface area contributed by atoms with Crippen LogP contribution in [0.2, 0.25) is 0 Å². The minimum Gasteiger partial charge on any atom is -0.258 e. The molecule has 1 heterocycles. The van der Waals surface area contributed by atoms with Crippen LogP contribution in [-0.2, 0) is 6.67 Å². The smallest absolute Gasteiger partial charge is 0.131 e. The summed E-state index contributed by atoms with van der Waals surface area (Å²) in [6, 6.07) is 5.57. The van der Waals surface area contributed by atoms with Crippen molar-refractivity contribution in [1.29, 1.82) is 5.26 Å². The molecule has 1 atom stereocenters. The van der Waals surface area contributed by atoms with E-state index in [1.54, 1.807) is 12.3 Å². The fourth-order valence-electron chi connectivity index (χ4n) is 1.06. The van der Waals surface area contributed by atoms with Crippen LogP contribution in [0.4, 0.5) is 4.39 Å². The van der Waals surface area contributed by atoms with Gasteiger partial charge in [0, 0.05) is 12.6 Å². The molecular formula is C10H11FN2. The van der Waals surface area contributed by atoms with E-state index in [0.29, 0.717) is 12.1 Å². The molecular weight excluding hydrogens is 167 g/mol. The topological polar surface area (TPSA) is 36.7 Å². The van der Waals surface area contributed by atoms with Crippen molar-refractivity contribution in [2.75, 3.05) is 0 Å². The van der Waals surface area contributed by atoms with Crippen molar-refractivity contribution < 1.29 is 4.39 Å². The van der Waals surface area contributed by atoms with Gasteiger partial charge < -0.3 is 0 Å². The molecule has 68 valence electrons. The summed E-state index contributed by atoms with van der Waals surface area (Å²) in [5.41, 5.74) is 1.42. The van der Waals surface area contributed by atoms with Gasteiger partial charge in [-0.3, -0.25) is 4.98 Å². The zero-order valence-electron chi connectivity index (χ0n) is 7.50. The third-order valence-electron chi connectivity index (χ3n) is 1.95. The molecule has 1 aromatic heterocycles. The Balaban J connectivity index is 2.74. The van der Waals surface area contributed by atoms with Crippen LogP contribution in [0.3, 0.4) is 0 Å². The molecule has 0 aliphatic heterocycles. The zero-order chi connectivity index (χ0) is 9.68. The van der Waals surface area contributed by atoms with E-state index in [2.05, 4.69) is 11.1 Å². The largest absolute Gasteiger partial charge is 0.258 e. The maximum Gasteiger partial charge on any atom is 0.131 e. The Labute approximate surface area is 77.0 Å². The van der Waals surface area contributed by atoms with Gasteiger partial charge >= 0.3 is 0 Å². The Morgan fingerprint density at radius 3 is 2.85 bits per heavy atom. The van der Waals surface area contributed by atoms with E-state index < -0.39 is 6.67 Å². The van der Waals surface area contributed by atoms with Crippen molar-refractivity contribution in [3.05, 3.63) is 29.6 Å². The fourth-order valence-corrected chi connectivity index (χ4v) is 1.06. The van der Waals surface area contributed by atoms with Crippen LogP contribution in [0, 0.1) is 11.3 Å². The second kappa shape index (κ2) is 4.56. The summed E-state index contributed by atoms with van der Waals surface area (Å²) in [7, 11) is 0. The molecule has 1 rings (SSSR count). The third kappa shape index (κ3) is 2.51. The lowest BCUT2D eigenvalue weighted by molar-refractivity contribution is 0.475. The van der Waals surface area contributed by atoms with Crippen molar-refractivity contribution >= 4 is 0 Å². The van der Waals surface area contributed by atoms with E-state index in [1.807, 2.05) is 13.0 Å². The normalized spacial score (nSPS) is 12.1. The molecule has 0 spiro atoms. The second-order valence-electron chi connectivity index (χ2n) is 2.98. The highest BCUT2D eigenvalue weighted by Crippen LogP contribution is 2.17. The van der Waals surface area contributed by atoms with Gasteiger partial charge in [0.05, 0.1) is 11.8 Å². The van der Waals surface area contributed by atoms with Crippen LogP contribution >= 0.6 is 0 Å². The molecule has 3 heteroatoms. The number of rotatable bonds is 3. The highest BCUT2D eigenvalue weighted by molar-refractivity contribution is 5.18. The summed E-state index contributed by atoms with van der Waals surface area (Å²) < 4.78 is 12.1. The fraction of sp³-hybridized carbons (Fsp3) is 0.400. The Morgan fingerprint density at radius 1 is 1.62 bits per heavy atom. The monoisotopic (exact) mass is 178 g/mol. The number of hydrogen-bond donors (Lipinski definition) is 0. The van der Waals surface area contributed by atoms with Crippen molar-refractivity contribution in [1.82, 2.24) is 4.98 Å². The SMILES string of the molecule is CC(CC#N)c1ccc(CF)nc1. The summed E-state index contributed by atoms with van der Waals surface area (Å²) in [5, 5.41) is 8.47. The molecule has 0 aliphatic carbocycles. The van der Waals surface area contributed by atoms with Crippen molar-refractivity contribution in [3.8, 4) is 6.07 Å². The number of aromatic nitrogens is 1. The van der Waals surface area contributed by atoms with Gasteiger partial charge in [-0.2, -0.15) is 5.26 Å². The number of alkyl halides is 1. The predicted molar refractivity (Wildman–Crippen MR) is 47.7 cm³/mol. The minimum absolute atomic E-state index is 0.172. The average Bonchev–Trinajstić information content (AvgIpc) is 2.18. The van der Waals surface area contributed by atoms with E-state index in [0.717, 1.165) is 5.56 Å². The second-order valence-corrected chi connectivity index (χ2v) is 2.98. The van der Waals surface area contributed by atoms with Gasteiger partial charge in [-0.25, -0.2) is 4.39 Å². The Hall–Kier alpha value is -1.43. The minimum atomic E-state index is -0.535. The highest BCUT2D eigenvalue weighted by atomic mass is 19.1. The predicted octanol–water partition coefficient (Wildman–Crippen LogP) is 2.57. The lowest BCUT2D eigenvalue weighted by atomic mass is 10.0. The summed E-state index contributed by atoms with van der Waals surface area (Å²) in [4.78, 5) is 3.92. The molecule has 0 fully saturated rings. The number of halogens is 1. The van der Waals surface area contributed by atoms with Crippen molar-refractivity contribution in [2.24, 2.45) is 0 Å². The molecule has 13 heavy (non-hydrogen) atoms. The Kier molecular flexibility index (Phi) is 3.39. The molecule has 1 unspecified atom stereocenters. The van der Waals surface area contributed by atoms with E-state index in [-0.39, 0.29) is 5.92 Å². The summed E-state index contributed by atoms with van der Waals surface area (Å²) in [6.45, 7) is 1.42. The van der Waals surface area contributed by atoms with Crippen molar-refractivity contribution in [3.63, 3.8) is 0 Å². The first-order valence-electron chi connectivity index (χ1n) is 4.15. The van der Waals surface area contributed by atoms with Gasteiger partial charge in [0.25, 0.3) is 0 Å². The molecule has 2 nitrogen and oxygen atoms in total. The molecule has 0 bridgehead atoms. The van der Waals surface area contributed by atoms with Crippen molar-refractivity contribution in [2.45, 2.75) is 25.9 Å². The van der Waals surface area contributed by atoms with Crippen LogP contribution in [-0.4, -0.2) is 4.98 Å². The van der Waals surface area contributed by atoms with Crippen LogP contribution in [0.5, 0.6) is 0 Å². The molecule has 0 aliphatic rings. The summed E-state index contributed by atoms with van der Waals surface area (Å²) in [5.74, 6) is 0.172. The summed E-state index contributed by atoms with van der Waals surface area (Å²) >= 11 is 0. The number of nitrogens with zero attached hydrogens (tertiary/aromatic N) is 2. The molecule has 0 aromatic carbocycles. The van der Waals surface area contributed by atoms with Gasteiger partial charge in [-0.1, -0.05) is 13.0 Å². The maximum atomic E-state index is 12.1. The maximum absolute atomic E-state index is 12.1. The Bertz CT molecular complexity index is 300. The van der Waals surface area contributed by atoms with Gasteiger partial charge in [-0.15, -0.1) is 0 Å². The quantitative estimate of drug-likeness (QED) is 0.713. The van der Waals surface area contributed by atoms with Gasteiger partial charge in [0.15, 0.2) is 0 Å². The average molecular weight is 178 g/mol. The first-order chi connectivity index (χ1) is 6.27. The van der Waals surface area contributed by atoms with Gasteiger partial charge in [-0.05, 0) is 17.5 Å². The third-order valence-corrected chi connectivity index (χ3v) is 1.95. The number of nitriles is 1. The van der Waals surface area contributed by atoms with Crippen LogP contribution in [0.1, 0.15) is 30.5 Å². The van der Waals surface area contributed by atoms with E-state index in [4.69, 9.17) is 5.26 Å². The molecule has 0 N–H and O–H groups in total. The first-order valence-corrected chi connectivity index (χ1v) is 4.15. The first kappa shape index (κ1) is 9.66. The van der Waals surface area contributed by atoms with Crippen LogP contribution in [0.15, 0.2) is 18.3 Å². The molecule has 0 saturated carbocycles. The van der Waals surface area contributed by atoms with Crippen LogP contribution in [0.25, 0.3) is 0 Å². The lowest BCUT2D eigenvalue weighted by Crippen LogP contribution is -1.94. The van der Waals surface area contributed by atoms with E-state index in [9.17, 15) is 4.39 Å². The zero-order valence-corrected chi connectivity index (χ0v) is 7.50. The molecule has 0 radical (unpaired) electrons. The number of hydrogen-bond acceptors (Lipinski definition) is 2. The number of pyridine rings is 1. The van der Waals surface area contributed by atoms with Crippen LogP contribution < -0.4 is 0 Å². The van der Waals surface area contributed by atoms with Gasteiger partial charge in [0.2, 0.25) is 0 Å². The Morgan fingerprint density at radius 2 is 2.38 bits per heavy atom. The van der Waals surface area contributed by atoms with E-state index in [1.165, 1.54) is 0 Å². The molecule has 0 saturated heterocycles. The standard InChI is InChI=1S/C10H11FN2/c1-8(4-5-12)9-2-3-10(6-11)13-7-9/h2-3,7-8H,4,6H2,1H3. The highest BCUT2D eigenvalue weighted by Gasteiger charge is 2.04. The molecule has 1 aromatic rings. The lowest BCUT2D eigenvalue weighted by Gasteiger charge is -2.06.